The molecule has 0 amide bonds. The van der Waals surface area contributed by atoms with Gasteiger partial charge in [0.25, 0.3) is 0 Å². The molecule has 54 heavy (non-hydrogen) atoms. The Morgan fingerprint density at radius 2 is 1.31 bits per heavy atom. The number of hydrogen-bond acceptors (Lipinski definition) is 1. The van der Waals surface area contributed by atoms with E-state index in [-0.39, 0.29) is 5.41 Å². The van der Waals surface area contributed by atoms with Gasteiger partial charge in [-0.3, -0.25) is 0 Å². The van der Waals surface area contributed by atoms with Crippen molar-refractivity contribution in [3.63, 3.8) is 0 Å². The number of hydrogen-bond donors (Lipinski definition) is 0. The second-order valence-electron chi connectivity index (χ2n) is 15.2. The van der Waals surface area contributed by atoms with Crippen LogP contribution < -0.4 is 4.90 Å². The summed E-state index contributed by atoms with van der Waals surface area (Å²) in [4.78, 5) is 2.46. The molecule has 6 aromatic carbocycles. The Morgan fingerprint density at radius 3 is 2.20 bits per heavy atom. The molecule has 1 heterocycles. The molecule has 10 rings (SSSR count). The topological polar surface area (TPSA) is 8.17 Å². The molecule has 2 nitrogen and oxygen atoms in total. The van der Waals surface area contributed by atoms with Crippen molar-refractivity contribution < 1.29 is 0 Å². The van der Waals surface area contributed by atoms with E-state index in [9.17, 15) is 0 Å². The molecule has 3 aliphatic rings. The molecule has 0 bridgehead atoms. The average Bonchev–Trinajstić information content (AvgIpc) is 3.48. The molecule has 7 aromatic rings. The van der Waals surface area contributed by atoms with Crippen molar-refractivity contribution >= 4 is 44.5 Å². The molecule has 0 radical (unpaired) electrons. The van der Waals surface area contributed by atoms with Crippen molar-refractivity contribution in [2.45, 2.75) is 38.5 Å². The van der Waals surface area contributed by atoms with E-state index in [1.165, 1.54) is 83.4 Å². The normalized spacial score (nSPS) is 15.7. The van der Waals surface area contributed by atoms with Crippen LogP contribution in [0.3, 0.4) is 0 Å². The molecule has 0 fully saturated rings. The quantitative estimate of drug-likeness (QED) is 0.168. The van der Waals surface area contributed by atoms with Gasteiger partial charge >= 0.3 is 0 Å². The zero-order valence-corrected chi connectivity index (χ0v) is 30.8. The minimum Gasteiger partial charge on any atom is -0.313 e. The Kier molecular flexibility index (Phi) is 7.73. The van der Waals surface area contributed by atoms with Gasteiger partial charge in [0.05, 0.1) is 11.0 Å². The number of para-hydroxylation sites is 1. The van der Waals surface area contributed by atoms with Crippen molar-refractivity contribution in [2.75, 3.05) is 4.90 Å². The van der Waals surface area contributed by atoms with Gasteiger partial charge in [-0.1, -0.05) is 141 Å². The summed E-state index contributed by atoms with van der Waals surface area (Å²) in [5.74, 6) is 0. The molecular weight excluding hydrogens is 653 g/mol. The van der Waals surface area contributed by atoms with E-state index in [0.29, 0.717) is 0 Å². The Labute approximate surface area is 318 Å². The van der Waals surface area contributed by atoms with Crippen LogP contribution in [0.2, 0.25) is 0 Å². The highest BCUT2D eigenvalue weighted by Gasteiger charge is 2.36. The van der Waals surface area contributed by atoms with Gasteiger partial charge in [0, 0.05) is 45.4 Å². The molecule has 0 atom stereocenters. The summed E-state index contributed by atoms with van der Waals surface area (Å²) < 4.78 is 2.43. The molecule has 260 valence electrons. The minimum atomic E-state index is -0.0780. The van der Waals surface area contributed by atoms with Gasteiger partial charge in [-0.05, 0) is 112 Å². The Hall–Kier alpha value is -6.38. The lowest BCUT2D eigenvalue weighted by Gasteiger charge is -2.30. The zero-order chi connectivity index (χ0) is 36.2. The molecule has 0 aliphatic heterocycles. The predicted octanol–water partition coefficient (Wildman–Crippen LogP) is 14.0. The van der Waals surface area contributed by atoms with Crippen LogP contribution >= 0.6 is 0 Å². The number of benzene rings is 6. The summed E-state index contributed by atoms with van der Waals surface area (Å²) in [5.41, 5.74) is 17.8. The van der Waals surface area contributed by atoms with E-state index < -0.39 is 0 Å². The third kappa shape index (κ3) is 5.32. The largest absolute Gasteiger partial charge is 0.313 e. The first-order valence-electron chi connectivity index (χ1n) is 19.2. The number of rotatable bonds is 6. The molecule has 3 aliphatic carbocycles. The van der Waals surface area contributed by atoms with E-state index in [0.717, 1.165) is 24.9 Å². The first-order chi connectivity index (χ1) is 26.5. The van der Waals surface area contributed by atoms with E-state index >= 15 is 0 Å². The van der Waals surface area contributed by atoms with Gasteiger partial charge in [0.2, 0.25) is 0 Å². The van der Waals surface area contributed by atoms with Gasteiger partial charge in [0.15, 0.2) is 0 Å². The second kappa shape index (κ2) is 12.9. The van der Waals surface area contributed by atoms with Gasteiger partial charge in [0.1, 0.15) is 0 Å². The van der Waals surface area contributed by atoms with Crippen LogP contribution in [0.15, 0.2) is 188 Å². The smallest absolute Gasteiger partial charge is 0.0538 e. The number of aromatic nitrogens is 1. The second-order valence-corrected chi connectivity index (χ2v) is 15.2. The van der Waals surface area contributed by atoms with Crippen molar-refractivity contribution in [2.24, 2.45) is 0 Å². The first kappa shape index (κ1) is 32.3. The maximum atomic E-state index is 2.46. The van der Waals surface area contributed by atoms with E-state index in [1.807, 2.05) is 0 Å². The van der Waals surface area contributed by atoms with Gasteiger partial charge in [-0.25, -0.2) is 0 Å². The number of allylic oxidation sites excluding steroid dienone is 9. The highest BCUT2D eigenvalue weighted by molar-refractivity contribution is 6.11. The molecule has 1 aromatic heterocycles. The molecule has 0 N–H and O–H groups in total. The molecular formula is C52H42N2. The lowest BCUT2D eigenvalue weighted by Crippen LogP contribution is -2.19. The van der Waals surface area contributed by atoms with E-state index in [2.05, 4.69) is 205 Å². The molecule has 2 heteroatoms. The van der Waals surface area contributed by atoms with Crippen LogP contribution in [0.5, 0.6) is 0 Å². The molecule has 0 spiro atoms. The summed E-state index contributed by atoms with van der Waals surface area (Å²) in [5, 5.41) is 2.56. The highest BCUT2D eigenvalue weighted by Crippen LogP contribution is 2.50. The summed E-state index contributed by atoms with van der Waals surface area (Å²) in [6, 6.07) is 51.8. The van der Waals surface area contributed by atoms with Crippen molar-refractivity contribution in [3.05, 3.63) is 204 Å². The highest BCUT2D eigenvalue weighted by atomic mass is 15.1. The Balaban J connectivity index is 1.07. The maximum absolute atomic E-state index is 2.46. The summed E-state index contributed by atoms with van der Waals surface area (Å²) in [7, 11) is 0. The van der Waals surface area contributed by atoms with E-state index in [1.54, 1.807) is 0 Å². The van der Waals surface area contributed by atoms with Crippen LogP contribution in [0.4, 0.5) is 11.4 Å². The fourth-order valence-electron chi connectivity index (χ4n) is 9.00. The SMILES string of the molecule is CC1(C)c2ccccc2-c2ccc(N(C3=CCCC(c4ccccc4)=C3)c3ccc(-c4ccc5c(c4)c4ccccc4n5C4=CC=CC=CC4)cc3)cc21. The average molecular weight is 695 g/mol. The lowest BCUT2D eigenvalue weighted by molar-refractivity contribution is 0.660. The number of fused-ring (bicyclic) bond motifs is 6. The summed E-state index contributed by atoms with van der Waals surface area (Å²) >= 11 is 0. The third-order valence-corrected chi connectivity index (χ3v) is 11.7. The van der Waals surface area contributed by atoms with Crippen LogP contribution in [0.25, 0.3) is 55.3 Å². The Morgan fingerprint density at radius 1 is 0.574 bits per heavy atom. The Bertz CT molecular complexity index is 2750. The predicted molar refractivity (Wildman–Crippen MR) is 230 cm³/mol. The zero-order valence-electron chi connectivity index (χ0n) is 30.8. The third-order valence-electron chi connectivity index (χ3n) is 11.7. The molecule has 0 saturated heterocycles. The molecule has 0 saturated carbocycles. The van der Waals surface area contributed by atoms with Crippen LogP contribution in [-0.2, 0) is 5.41 Å². The van der Waals surface area contributed by atoms with Crippen molar-refractivity contribution in [1.29, 1.82) is 0 Å². The minimum absolute atomic E-state index is 0.0780. The van der Waals surface area contributed by atoms with E-state index in [4.69, 9.17) is 0 Å². The number of nitrogens with zero attached hydrogens (tertiary/aromatic N) is 2. The molecule has 0 unspecified atom stereocenters. The first-order valence-corrected chi connectivity index (χ1v) is 19.2. The van der Waals surface area contributed by atoms with Crippen LogP contribution in [0.1, 0.15) is 49.8 Å². The number of anilines is 2. The summed E-state index contributed by atoms with van der Waals surface area (Å²) in [6.07, 6.45) is 18.6. The fourth-order valence-corrected chi connectivity index (χ4v) is 9.00. The summed E-state index contributed by atoms with van der Waals surface area (Å²) in [6.45, 7) is 4.73. The van der Waals surface area contributed by atoms with Crippen LogP contribution in [0, 0.1) is 0 Å². The van der Waals surface area contributed by atoms with Crippen molar-refractivity contribution in [1.82, 2.24) is 4.57 Å². The van der Waals surface area contributed by atoms with Gasteiger partial charge in [-0.2, -0.15) is 0 Å². The maximum Gasteiger partial charge on any atom is 0.0538 e. The van der Waals surface area contributed by atoms with Crippen molar-refractivity contribution in [3.8, 4) is 22.3 Å². The standard InChI is InChI=1S/C52H42N2/c1-52(2)48-23-12-10-21-44(48)45-31-30-43(35-49(45)52)53(42-20-14-17-38(33-42)36-15-6-5-7-16-36)41-28-25-37(26-29-41)39-27-32-51-47(34-39)46-22-11-13-24-50(46)54(51)40-18-8-3-4-9-19-40/h3-13,15-16,18,20-35H,14,17,19H2,1-2H3. The monoisotopic (exact) mass is 694 g/mol. The lowest BCUT2D eigenvalue weighted by atomic mass is 9.82. The van der Waals surface area contributed by atoms with Crippen LogP contribution in [-0.4, -0.2) is 4.57 Å². The fraction of sp³-hybridized carbons (Fsp3) is 0.115. The van der Waals surface area contributed by atoms with Gasteiger partial charge < -0.3 is 9.47 Å². The van der Waals surface area contributed by atoms with Gasteiger partial charge in [-0.15, -0.1) is 0 Å².